The SMILES string of the molecule is N#Cc1ccc(C#Cc2cc(N(C(N)=O)[C@H]3CCCNC3)c(C(N)=O)s2)cc1. The van der Waals surface area contributed by atoms with Gasteiger partial charge in [-0.1, -0.05) is 11.8 Å². The van der Waals surface area contributed by atoms with Gasteiger partial charge in [-0.15, -0.1) is 11.3 Å². The van der Waals surface area contributed by atoms with Crippen molar-refractivity contribution >= 4 is 29.0 Å². The molecule has 0 unspecified atom stereocenters. The summed E-state index contributed by atoms with van der Waals surface area (Å²) in [6.07, 6.45) is 1.70. The monoisotopic (exact) mass is 393 g/mol. The molecular formula is C20H19N5O2S. The Hall–Kier alpha value is -3.33. The topological polar surface area (TPSA) is 125 Å². The predicted octanol–water partition coefficient (Wildman–Crippen LogP) is 1.76. The van der Waals surface area contributed by atoms with Crippen LogP contribution < -0.4 is 21.7 Å². The molecule has 1 atom stereocenters. The highest BCUT2D eigenvalue weighted by Crippen LogP contribution is 2.32. The van der Waals surface area contributed by atoms with Crippen LogP contribution in [0.4, 0.5) is 10.5 Å². The van der Waals surface area contributed by atoms with Crippen molar-refractivity contribution in [2.75, 3.05) is 18.0 Å². The highest BCUT2D eigenvalue weighted by atomic mass is 32.1. The van der Waals surface area contributed by atoms with E-state index in [1.54, 1.807) is 30.3 Å². The van der Waals surface area contributed by atoms with E-state index >= 15 is 0 Å². The van der Waals surface area contributed by atoms with Crippen molar-refractivity contribution in [1.29, 1.82) is 5.26 Å². The number of rotatable bonds is 3. The molecule has 142 valence electrons. The number of carbonyl (C=O) groups is 2. The number of thiophene rings is 1. The summed E-state index contributed by atoms with van der Waals surface area (Å²) in [5, 5.41) is 12.1. The van der Waals surface area contributed by atoms with Gasteiger partial charge in [0.2, 0.25) is 0 Å². The fourth-order valence-corrected chi connectivity index (χ4v) is 3.96. The number of piperidine rings is 1. The summed E-state index contributed by atoms with van der Waals surface area (Å²) in [4.78, 5) is 26.4. The lowest BCUT2D eigenvalue weighted by Crippen LogP contribution is -2.51. The third kappa shape index (κ3) is 4.32. The average molecular weight is 393 g/mol. The molecule has 3 rings (SSSR count). The zero-order valence-corrected chi connectivity index (χ0v) is 15.9. The molecule has 0 radical (unpaired) electrons. The number of nitrogens with two attached hydrogens (primary N) is 2. The van der Waals surface area contributed by atoms with Crippen molar-refractivity contribution in [3.8, 4) is 17.9 Å². The van der Waals surface area contributed by atoms with Gasteiger partial charge < -0.3 is 16.8 Å². The van der Waals surface area contributed by atoms with E-state index in [0.29, 0.717) is 22.7 Å². The lowest BCUT2D eigenvalue weighted by molar-refractivity contribution is 0.100. The molecule has 1 aliphatic heterocycles. The number of hydrogen-bond acceptors (Lipinski definition) is 5. The Morgan fingerprint density at radius 2 is 1.89 bits per heavy atom. The molecule has 2 heterocycles. The standard InChI is InChI=1S/C20H19N5O2S/c21-11-14-5-3-13(4-6-14)7-8-16-10-17(18(28-16)19(22)26)25(20(23)27)15-2-1-9-24-12-15/h3-6,10,15,24H,1-2,9,12H2,(H2,22,26)(H2,23,27)/t15-/m0/s1. The lowest BCUT2D eigenvalue weighted by Gasteiger charge is -2.33. The van der Waals surface area contributed by atoms with Gasteiger partial charge in [0.15, 0.2) is 0 Å². The van der Waals surface area contributed by atoms with Crippen LogP contribution >= 0.6 is 11.3 Å². The molecule has 8 heteroatoms. The minimum atomic E-state index is -0.624. The van der Waals surface area contributed by atoms with Crippen LogP contribution in [-0.2, 0) is 0 Å². The minimum absolute atomic E-state index is 0.140. The van der Waals surface area contributed by atoms with E-state index in [0.717, 1.165) is 36.3 Å². The Bertz CT molecular complexity index is 988. The molecule has 7 nitrogen and oxygen atoms in total. The summed E-state index contributed by atoms with van der Waals surface area (Å²) >= 11 is 1.13. The van der Waals surface area contributed by atoms with Gasteiger partial charge >= 0.3 is 6.03 Å². The highest BCUT2D eigenvalue weighted by Gasteiger charge is 2.29. The maximum absolute atomic E-state index is 12.1. The normalized spacial score (nSPS) is 15.8. The first-order valence-corrected chi connectivity index (χ1v) is 9.56. The first-order valence-electron chi connectivity index (χ1n) is 8.75. The fourth-order valence-electron chi connectivity index (χ4n) is 3.11. The van der Waals surface area contributed by atoms with E-state index in [-0.39, 0.29) is 10.9 Å². The maximum Gasteiger partial charge on any atom is 0.319 e. The third-order valence-electron chi connectivity index (χ3n) is 4.41. The molecule has 1 aromatic carbocycles. The molecule has 1 aromatic heterocycles. The molecule has 3 amide bonds. The number of anilines is 1. The van der Waals surface area contributed by atoms with E-state index < -0.39 is 11.9 Å². The van der Waals surface area contributed by atoms with Crippen molar-refractivity contribution in [2.24, 2.45) is 11.5 Å². The van der Waals surface area contributed by atoms with Crippen molar-refractivity contribution in [1.82, 2.24) is 5.32 Å². The second-order valence-electron chi connectivity index (χ2n) is 6.34. The predicted molar refractivity (Wildman–Crippen MR) is 108 cm³/mol. The number of amides is 3. The van der Waals surface area contributed by atoms with Crippen LogP contribution in [0.25, 0.3) is 0 Å². The number of primary amides is 2. The summed E-state index contributed by atoms with van der Waals surface area (Å²) in [5.74, 6) is 5.36. The van der Waals surface area contributed by atoms with Crippen LogP contribution in [0, 0.1) is 23.2 Å². The average Bonchev–Trinajstić information content (AvgIpc) is 3.11. The number of nitrogens with one attached hydrogen (secondary N) is 1. The number of nitrogens with zero attached hydrogens (tertiary/aromatic N) is 2. The Labute approximate surface area is 166 Å². The molecule has 1 aliphatic rings. The summed E-state index contributed by atoms with van der Waals surface area (Å²) in [6.45, 7) is 1.49. The number of carbonyl (C=O) groups excluding carboxylic acids is 2. The van der Waals surface area contributed by atoms with Gasteiger partial charge in [0.05, 0.1) is 28.2 Å². The van der Waals surface area contributed by atoms with Crippen molar-refractivity contribution < 1.29 is 9.59 Å². The largest absolute Gasteiger partial charge is 0.365 e. The van der Waals surface area contributed by atoms with Crippen molar-refractivity contribution in [2.45, 2.75) is 18.9 Å². The molecule has 0 bridgehead atoms. The third-order valence-corrected chi connectivity index (χ3v) is 5.47. The summed E-state index contributed by atoms with van der Waals surface area (Å²) in [5.41, 5.74) is 12.8. The van der Waals surface area contributed by atoms with E-state index in [4.69, 9.17) is 16.7 Å². The Morgan fingerprint density at radius 1 is 1.18 bits per heavy atom. The lowest BCUT2D eigenvalue weighted by atomic mass is 10.1. The smallest absolute Gasteiger partial charge is 0.319 e. The van der Waals surface area contributed by atoms with Gasteiger partial charge in [0.25, 0.3) is 5.91 Å². The summed E-state index contributed by atoms with van der Waals surface area (Å²) in [6, 6.07) is 9.84. The zero-order chi connectivity index (χ0) is 20.1. The van der Waals surface area contributed by atoms with Gasteiger partial charge in [0.1, 0.15) is 4.88 Å². The van der Waals surface area contributed by atoms with Gasteiger partial charge in [-0.25, -0.2) is 4.79 Å². The highest BCUT2D eigenvalue weighted by molar-refractivity contribution is 7.15. The quantitative estimate of drug-likeness (QED) is 0.687. The fraction of sp³-hybridized carbons (Fsp3) is 0.250. The van der Waals surface area contributed by atoms with Crippen LogP contribution in [0.15, 0.2) is 30.3 Å². The van der Waals surface area contributed by atoms with Crippen molar-refractivity contribution in [3.05, 3.63) is 51.2 Å². The molecule has 28 heavy (non-hydrogen) atoms. The molecule has 0 saturated carbocycles. The first-order chi connectivity index (χ1) is 13.5. The number of benzene rings is 1. The minimum Gasteiger partial charge on any atom is -0.365 e. The van der Waals surface area contributed by atoms with Gasteiger partial charge in [-0.3, -0.25) is 9.69 Å². The first kappa shape index (κ1) is 19.4. The van der Waals surface area contributed by atoms with Gasteiger partial charge in [-0.2, -0.15) is 5.26 Å². The Kier molecular flexibility index (Phi) is 5.95. The van der Waals surface area contributed by atoms with Crippen molar-refractivity contribution in [3.63, 3.8) is 0 Å². The van der Waals surface area contributed by atoms with E-state index in [2.05, 4.69) is 23.2 Å². The Balaban J connectivity index is 1.95. The van der Waals surface area contributed by atoms with Gasteiger partial charge in [-0.05, 0) is 49.7 Å². The second-order valence-corrected chi connectivity index (χ2v) is 7.39. The number of hydrogen-bond donors (Lipinski definition) is 3. The van der Waals surface area contributed by atoms with Crippen LogP contribution in [0.2, 0.25) is 0 Å². The molecular weight excluding hydrogens is 374 g/mol. The van der Waals surface area contributed by atoms with Crippen LogP contribution in [0.5, 0.6) is 0 Å². The van der Waals surface area contributed by atoms with E-state index in [1.165, 1.54) is 4.90 Å². The summed E-state index contributed by atoms with van der Waals surface area (Å²) < 4.78 is 0. The number of urea groups is 1. The molecule has 1 fully saturated rings. The molecule has 2 aromatic rings. The zero-order valence-electron chi connectivity index (χ0n) is 15.1. The Morgan fingerprint density at radius 3 is 2.46 bits per heavy atom. The number of nitriles is 1. The molecule has 0 aliphatic carbocycles. The maximum atomic E-state index is 12.1. The van der Waals surface area contributed by atoms with Crippen LogP contribution in [0.3, 0.4) is 0 Å². The van der Waals surface area contributed by atoms with Crippen LogP contribution in [-0.4, -0.2) is 31.1 Å². The van der Waals surface area contributed by atoms with E-state index in [1.807, 2.05) is 0 Å². The second kappa shape index (κ2) is 8.57. The van der Waals surface area contributed by atoms with E-state index in [9.17, 15) is 9.59 Å². The molecule has 0 spiro atoms. The summed E-state index contributed by atoms with van der Waals surface area (Å²) in [7, 11) is 0. The molecule has 5 N–H and O–H groups in total. The van der Waals surface area contributed by atoms with Gasteiger partial charge in [0, 0.05) is 12.1 Å². The molecule has 1 saturated heterocycles. The van der Waals surface area contributed by atoms with Crippen LogP contribution in [0.1, 0.15) is 38.5 Å².